The second kappa shape index (κ2) is 4.67. The molecule has 1 heterocycles. The van der Waals surface area contributed by atoms with E-state index >= 15 is 0 Å². The molecule has 0 spiro atoms. The van der Waals surface area contributed by atoms with Gasteiger partial charge in [-0.15, -0.1) is 0 Å². The zero-order valence-electron chi connectivity index (χ0n) is 7.78. The third-order valence-corrected chi connectivity index (χ3v) is 3.62. The van der Waals surface area contributed by atoms with Gasteiger partial charge in [0.1, 0.15) is 5.76 Å². The number of nitrogens with two attached hydrogens (primary N) is 1. The van der Waals surface area contributed by atoms with Crippen LogP contribution in [-0.2, 0) is 0 Å². The Morgan fingerprint density at radius 3 is 2.80 bits per heavy atom. The Hall–Kier alpha value is -0.330. The Morgan fingerprint density at radius 2 is 2.13 bits per heavy atom. The van der Waals surface area contributed by atoms with Gasteiger partial charge in [0.15, 0.2) is 0 Å². The van der Waals surface area contributed by atoms with Gasteiger partial charge in [-0.1, -0.05) is 15.9 Å². The second-order valence-electron chi connectivity index (χ2n) is 3.16. The normalized spacial score (nSPS) is 12.7. The smallest absolute Gasteiger partial charge is 0.125 e. The Balaban J connectivity index is 2.41. The van der Waals surface area contributed by atoms with E-state index in [9.17, 15) is 0 Å². The summed E-state index contributed by atoms with van der Waals surface area (Å²) < 4.78 is 7.47. The molecule has 1 unspecified atom stereocenters. The molecule has 2 nitrogen and oxygen atoms in total. The van der Waals surface area contributed by atoms with Gasteiger partial charge in [0, 0.05) is 8.04 Å². The summed E-state index contributed by atoms with van der Waals surface area (Å²) in [6, 6.07) is 9.59. The standard InChI is InChI=1S/C11H9BrINO/c12-7-3-4-9(13)8(6-7)11(14)10-2-1-5-15-10/h1-6,11H,14H2. The molecule has 78 valence electrons. The lowest BCUT2D eigenvalue weighted by molar-refractivity contribution is 0.489. The van der Waals surface area contributed by atoms with Crippen LogP contribution in [0.5, 0.6) is 0 Å². The predicted molar refractivity (Wildman–Crippen MR) is 71.6 cm³/mol. The van der Waals surface area contributed by atoms with E-state index in [0.29, 0.717) is 0 Å². The minimum atomic E-state index is -0.204. The molecule has 1 aromatic heterocycles. The summed E-state index contributed by atoms with van der Waals surface area (Å²) in [5.74, 6) is 0.783. The topological polar surface area (TPSA) is 39.2 Å². The van der Waals surface area contributed by atoms with Crippen LogP contribution in [0.25, 0.3) is 0 Å². The molecular formula is C11H9BrINO. The summed E-state index contributed by atoms with van der Waals surface area (Å²) in [6.07, 6.45) is 1.64. The third-order valence-electron chi connectivity index (χ3n) is 2.14. The summed E-state index contributed by atoms with van der Waals surface area (Å²) in [4.78, 5) is 0. The summed E-state index contributed by atoms with van der Waals surface area (Å²) >= 11 is 5.71. The summed E-state index contributed by atoms with van der Waals surface area (Å²) in [6.45, 7) is 0. The molecule has 0 fully saturated rings. The fraction of sp³-hybridized carbons (Fsp3) is 0.0909. The summed E-state index contributed by atoms with van der Waals surface area (Å²) in [7, 11) is 0. The quantitative estimate of drug-likeness (QED) is 0.810. The first-order chi connectivity index (χ1) is 7.18. The lowest BCUT2D eigenvalue weighted by Gasteiger charge is -2.11. The number of rotatable bonds is 2. The van der Waals surface area contributed by atoms with Gasteiger partial charge in [-0.05, 0) is 58.5 Å². The minimum Gasteiger partial charge on any atom is -0.467 e. The third kappa shape index (κ3) is 2.43. The van der Waals surface area contributed by atoms with E-state index in [0.717, 1.165) is 19.4 Å². The van der Waals surface area contributed by atoms with Gasteiger partial charge < -0.3 is 10.2 Å². The molecule has 0 amide bonds. The van der Waals surface area contributed by atoms with Gasteiger partial charge in [0.25, 0.3) is 0 Å². The monoisotopic (exact) mass is 377 g/mol. The van der Waals surface area contributed by atoms with Crippen LogP contribution in [-0.4, -0.2) is 0 Å². The number of halogens is 2. The van der Waals surface area contributed by atoms with Crippen LogP contribution < -0.4 is 5.73 Å². The molecule has 0 aliphatic heterocycles. The molecule has 15 heavy (non-hydrogen) atoms. The van der Waals surface area contributed by atoms with Crippen molar-refractivity contribution in [1.82, 2.24) is 0 Å². The zero-order valence-corrected chi connectivity index (χ0v) is 11.5. The van der Waals surface area contributed by atoms with E-state index in [4.69, 9.17) is 10.2 Å². The average Bonchev–Trinajstić information content (AvgIpc) is 2.74. The van der Waals surface area contributed by atoms with Gasteiger partial charge >= 0.3 is 0 Å². The number of hydrogen-bond acceptors (Lipinski definition) is 2. The first-order valence-electron chi connectivity index (χ1n) is 4.42. The van der Waals surface area contributed by atoms with Crippen molar-refractivity contribution in [2.75, 3.05) is 0 Å². The van der Waals surface area contributed by atoms with Crippen molar-refractivity contribution < 1.29 is 4.42 Å². The van der Waals surface area contributed by atoms with Crippen molar-refractivity contribution in [2.45, 2.75) is 6.04 Å². The molecule has 0 bridgehead atoms. The Morgan fingerprint density at radius 1 is 1.33 bits per heavy atom. The van der Waals surface area contributed by atoms with Gasteiger partial charge in [0.05, 0.1) is 12.3 Å². The SMILES string of the molecule is NC(c1ccco1)c1cc(Br)ccc1I. The highest BCUT2D eigenvalue weighted by atomic mass is 127. The molecule has 0 radical (unpaired) electrons. The predicted octanol–water partition coefficient (Wildman–Crippen LogP) is 3.69. The summed E-state index contributed by atoms with van der Waals surface area (Å²) in [5, 5.41) is 0. The van der Waals surface area contributed by atoms with Crippen LogP contribution in [0.2, 0.25) is 0 Å². The lowest BCUT2D eigenvalue weighted by atomic mass is 10.1. The van der Waals surface area contributed by atoms with E-state index in [1.807, 2.05) is 30.3 Å². The second-order valence-corrected chi connectivity index (χ2v) is 5.24. The highest BCUT2D eigenvalue weighted by Gasteiger charge is 2.14. The minimum absolute atomic E-state index is 0.204. The number of hydrogen-bond donors (Lipinski definition) is 1. The van der Waals surface area contributed by atoms with Crippen molar-refractivity contribution >= 4 is 38.5 Å². The van der Waals surface area contributed by atoms with Crippen LogP contribution in [0.3, 0.4) is 0 Å². The highest BCUT2D eigenvalue weighted by Crippen LogP contribution is 2.27. The Kier molecular flexibility index (Phi) is 3.48. The number of benzene rings is 1. The zero-order chi connectivity index (χ0) is 10.8. The van der Waals surface area contributed by atoms with Gasteiger partial charge in [-0.25, -0.2) is 0 Å². The molecule has 4 heteroatoms. The maximum atomic E-state index is 6.11. The van der Waals surface area contributed by atoms with E-state index in [1.54, 1.807) is 6.26 Å². The molecule has 0 saturated carbocycles. The number of furan rings is 1. The maximum Gasteiger partial charge on any atom is 0.125 e. The highest BCUT2D eigenvalue weighted by molar-refractivity contribution is 14.1. The lowest BCUT2D eigenvalue weighted by Crippen LogP contribution is -2.12. The van der Waals surface area contributed by atoms with E-state index in [-0.39, 0.29) is 6.04 Å². The van der Waals surface area contributed by atoms with Crippen molar-refractivity contribution in [3.8, 4) is 0 Å². The van der Waals surface area contributed by atoms with E-state index in [1.165, 1.54) is 0 Å². The van der Waals surface area contributed by atoms with Crippen molar-refractivity contribution in [3.63, 3.8) is 0 Å². The van der Waals surface area contributed by atoms with Crippen LogP contribution in [0.4, 0.5) is 0 Å². The molecule has 2 rings (SSSR count). The van der Waals surface area contributed by atoms with Gasteiger partial charge in [-0.3, -0.25) is 0 Å². The molecule has 2 aromatic rings. The van der Waals surface area contributed by atoms with E-state index < -0.39 is 0 Å². The molecule has 0 saturated heterocycles. The van der Waals surface area contributed by atoms with Crippen LogP contribution in [0, 0.1) is 3.57 Å². The first-order valence-corrected chi connectivity index (χ1v) is 6.29. The van der Waals surface area contributed by atoms with Crippen molar-refractivity contribution in [1.29, 1.82) is 0 Å². The van der Waals surface area contributed by atoms with Crippen molar-refractivity contribution in [3.05, 3.63) is 56.0 Å². The molecule has 1 aromatic carbocycles. The largest absolute Gasteiger partial charge is 0.467 e. The van der Waals surface area contributed by atoms with Gasteiger partial charge in [0.2, 0.25) is 0 Å². The van der Waals surface area contributed by atoms with Crippen LogP contribution in [0.15, 0.2) is 45.5 Å². The van der Waals surface area contributed by atoms with Crippen molar-refractivity contribution in [2.24, 2.45) is 5.73 Å². The molecule has 2 N–H and O–H groups in total. The summed E-state index contributed by atoms with van der Waals surface area (Å²) in [5.41, 5.74) is 7.18. The van der Waals surface area contributed by atoms with Gasteiger partial charge in [-0.2, -0.15) is 0 Å². The molecule has 0 aliphatic carbocycles. The average molecular weight is 378 g/mol. The fourth-order valence-electron chi connectivity index (χ4n) is 1.37. The molecule has 0 aliphatic rings. The van der Waals surface area contributed by atoms with Crippen LogP contribution >= 0.6 is 38.5 Å². The maximum absolute atomic E-state index is 6.11. The molecule has 1 atom stereocenters. The Bertz CT molecular complexity index is 456. The van der Waals surface area contributed by atoms with Crippen LogP contribution in [0.1, 0.15) is 17.4 Å². The fourth-order valence-corrected chi connectivity index (χ4v) is 2.42. The first kappa shape index (κ1) is 11.2. The Labute approximate surface area is 110 Å². The molecular weight excluding hydrogens is 369 g/mol. The van der Waals surface area contributed by atoms with E-state index in [2.05, 4.69) is 38.5 Å².